The number of ether oxygens (including phenoxy) is 1. The fraction of sp³-hybridized carbons (Fsp3) is 0.227. The molecule has 3 aromatic rings. The molecule has 1 aromatic carbocycles. The largest absolute Gasteiger partial charge is 0.496 e. The Morgan fingerprint density at radius 2 is 1.86 bits per heavy atom. The number of nitrogens with zero attached hydrogens (tertiary/aromatic N) is 3. The van der Waals surface area contributed by atoms with Crippen molar-refractivity contribution in [1.29, 1.82) is 0 Å². The second-order valence-electron chi connectivity index (χ2n) is 6.84. The fourth-order valence-electron chi connectivity index (χ4n) is 3.28. The summed E-state index contributed by atoms with van der Waals surface area (Å²) in [6.07, 6.45) is 2.31. The maximum atomic E-state index is 12.1. The van der Waals surface area contributed by atoms with Gasteiger partial charge in [0.1, 0.15) is 10.9 Å². The Hall–Kier alpha value is -3.12. The lowest BCUT2D eigenvalue weighted by atomic mass is 10.0. The summed E-state index contributed by atoms with van der Waals surface area (Å²) >= 11 is 5.88. The van der Waals surface area contributed by atoms with E-state index < -0.39 is 6.09 Å². The monoisotopic (exact) mass is 411 g/mol. The first-order valence-corrected chi connectivity index (χ1v) is 9.41. The van der Waals surface area contributed by atoms with Gasteiger partial charge in [-0.3, -0.25) is 9.88 Å². The van der Waals surface area contributed by atoms with Crippen LogP contribution in [-0.4, -0.2) is 28.3 Å². The van der Waals surface area contributed by atoms with Gasteiger partial charge in [-0.1, -0.05) is 17.7 Å². The highest BCUT2D eigenvalue weighted by Gasteiger charge is 2.20. The maximum Gasteiger partial charge on any atom is 0.412 e. The molecule has 1 amide bonds. The number of carboxylic acid groups (broad SMARTS) is 1. The molecule has 0 aliphatic heterocycles. The van der Waals surface area contributed by atoms with Crippen molar-refractivity contribution in [3.8, 4) is 16.9 Å². The Bertz CT molecular complexity index is 1050. The number of rotatable bonds is 5. The quantitative estimate of drug-likeness (QED) is 0.567. The van der Waals surface area contributed by atoms with Gasteiger partial charge in [-0.25, -0.2) is 9.78 Å². The van der Waals surface area contributed by atoms with Crippen LogP contribution >= 0.6 is 11.6 Å². The summed E-state index contributed by atoms with van der Waals surface area (Å²) in [6, 6.07) is 9.20. The third-order valence-corrected chi connectivity index (χ3v) is 4.95. The molecule has 0 spiro atoms. The minimum Gasteiger partial charge on any atom is -0.496 e. The van der Waals surface area contributed by atoms with Crippen LogP contribution in [0.4, 0.5) is 10.5 Å². The smallest absolute Gasteiger partial charge is 0.412 e. The Balaban J connectivity index is 2.02. The van der Waals surface area contributed by atoms with Gasteiger partial charge in [-0.15, -0.1) is 0 Å². The van der Waals surface area contributed by atoms with Crippen molar-refractivity contribution in [2.75, 3.05) is 12.0 Å². The van der Waals surface area contributed by atoms with E-state index in [1.807, 2.05) is 45.0 Å². The van der Waals surface area contributed by atoms with Crippen LogP contribution in [0.15, 0.2) is 42.7 Å². The number of hydrogen-bond donors (Lipinski definition) is 1. The van der Waals surface area contributed by atoms with Crippen LogP contribution in [-0.2, 0) is 6.54 Å². The Kier molecular flexibility index (Phi) is 6.03. The highest BCUT2D eigenvalue weighted by atomic mass is 35.5. The molecule has 0 fully saturated rings. The molecule has 150 valence electrons. The number of carbonyl (C=O) groups is 1. The van der Waals surface area contributed by atoms with Gasteiger partial charge >= 0.3 is 6.09 Å². The van der Waals surface area contributed by atoms with Gasteiger partial charge in [0.2, 0.25) is 0 Å². The minimum atomic E-state index is -1.06. The predicted molar refractivity (Wildman–Crippen MR) is 114 cm³/mol. The van der Waals surface area contributed by atoms with Crippen molar-refractivity contribution in [2.24, 2.45) is 0 Å². The first-order valence-electron chi connectivity index (χ1n) is 9.03. The Morgan fingerprint density at radius 3 is 2.48 bits per heavy atom. The number of methoxy groups -OCH3 is 1. The van der Waals surface area contributed by atoms with E-state index in [0.29, 0.717) is 16.5 Å². The summed E-state index contributed by atoms with van der Waals surface area (Å²) < 4.78 is 5.45. The van der Waals surface area contributed by atoms with E-state index in [0.717, 1.165) is 33.6 Å². The number of halogens is 1. The van der Waals surface area contributed by atoms with Crippen LogP contribution < -0.4 is 9.64 Å². The number of aryl methyl sites for hydroxylation is 2. The normalized spacial score (nSPS) is 10.7. The van der Waals surface area contributed by atoms with Crippen LogP contribution in [0, 0.1) is 20.8 Å². The van der Waals surface area contributed by atoms with Gasteiger partial charge in [-0.05, 0) is 56.2 Å². The number of aromatic nitrogens is 2. The molecular formula is C22H22ClN3O3. The van der Waals surface area contributed by atoms with Crippen LogP contribution in [0.5, 0.6) is 5.75 Å². The molecular weight excluding hydrogens is 390 g/mol. The molecule has 2 aromatic heterocycles. The minimum absolute atomic E-state index is 0.111. The van der Waals surface area contributed by atoms with Crippen molar-refractivity contribution in [3.05, 3.63) is 70.3 Å². The standard InChI is InChI=1S/C22H22ClN3O3/c1-13-7-17(16-5-6-20(23)25-11-16)9-18(8-13)26(22(27)28)12-19-15(3)21(29-4)14(2)10-24-19/h5-11H,12H2,1-4H3,(H,27,28). The molecule has 3 rings (SSSR count). The highest BCUT2D eigenvalue weighted by Crippen LogP contribution is 2.30. The first kappa shape index (κ1) is 20.6. The van der Waals surface area contributed by atoms with Crippen LogP contribution in [0.25, 0.3) is 11.1 Å². The number of benzene rings is 1. The molecule has 7 heteroatoms. The van der Waals surface area contributed by atoms with Crippen molar-refractivity contribution in [1.82, 2.24) is 9.97 Å². The molecule has 6 nitrogen and oxygen atoms in total. The van der Waals surface area contributed by atoms with Gasteiger partial charge in [0.15, 0.2) is 0 Å². The third kappa shape index (κ3) is 4.49. The SMILES string of the molecule is COc1c(C)cnc(CN(C(=O)O)c2cc(C)cc(-c3ccc(Cl)nc3)c2)c1C. The summed E-state index contributed by atoms with van der Waals surface area (Å²) in [6.45, 7) is 5.83. The Morgan fingerprint density at radius 1 is 1.10 bits per heavy atom. The lowest BCUT2D eigenvalue weighted by Crippen LogP contribution is -2.29. The zero-order chi connectivity index (χ0) is 21.1. The molecule has 0 aliphatic carbocycles. The number of amides is 1. The maximum absolute atomic E-state index is 12.1. The lowest BCUT2D eigenvalue weighted by Gasteiger charge is -2.22. The van der Waals surface area contributed by atoms with Gasteiger partial charge in [0.25, 0.3) is 0 Å². The van der Waals surface area contributed by atoms with Crippen molar-refractivity contribution < 1.29 is 14.6 Å². The van der Waals surface area contributed by atoms with E-state index in [9.17, 15) is 9.90 Å². The topological polar surface area (TPSA) is 75.5 Å². The Labute approximate surface area is 174 Å². The van der Waals surface area contributed by atoms with Crippen molar-refractivity contribution in [3.63, 3.8) is 0 Å². The number of pyridine rings is 2. The van der Waals surface area contributed by atoms with Crippen molar-refractivity contribution in [2.45, 2.75) is 27.3 Å². The second kappa shape index (κ2) is 8.49. The molecule has 0 aliphatic rings. The van der Waals surface area contributed by atoms with E-state index in [-0.39, 0.29) is 6.54 Å². The third-order valence-electron chi connectivity index (χ3n) is 4.72. The average Bonchev–Trinajstić information content (AvgIpc) is 2.67. The van der Waals surface area contributed by atoms with E-state index in [4.69, 9.17) is 16.3 Å². The number of hydrogen-bond acceptors (Lipinski definition) is 4. The molecule has 0 radical (unpaired) electrons. The molecule has 1 N–H and O–H groups in total. The molecule has 0 saturated heterocycles. The molecule has 29 heavy (non-hydrogen) atoms. The summed E-state index contributed by atoms with van der Waals surface area (Å²) in [7, 11) is 1.60. The zero-order valence-corrected chi connectivity index (χ0v) is 17.5. The molecule has 0 atom stereocenters. The first-order chi connectivity index (χ1) is 13.8. The predicted octanol–water partition coefficient (Wildman–Crippen LogP) is 5.42. The van der Waals surface area contributed by atoms with Gasteiger partial charge in [0.05, 0.1) is 19.3 Å². The zero-order valence-electron chi connectivity index (χ0n) is 16.7. The van der Waals surface area contributed by atoms with Gasteiger partial charge in [0, 0.05) is 34.8 Å². The van der Waals surface area contributed by atoms with E-state index in [2.05, 4.69) is 9.97 Å². The number of anilines is 1. The summed E-state index contributed by atoms with van der Waals surface area (Å²) in [5, 5.41) is 10.3. The van der Waals surface area contributed by atoms with E-state index in [1.165, 1.54) is 4.90 Å². The van der Waals surface area contributed by atoms with Gasteiger partial charge < -0.3 is 9.84 Å². The fourth-order valence-corrected chi connectivity index (χ4v) is 3.39. The molecule has 0 unspecified atom stereocenters. The average molecular weight is 412 g/mol. The van der Waals surface area contributed by atoms with E-state index in [1.54, 1.807) is 25.6 Å². The highest BCUT2D eigenvalue weighted by molar-refractivity contribution is 6.29. The van der Waals surface area contributed by atoms with Crippen LogP contribution in [0.1, 0.15) is 22.4 Å². The molecule has 0 saturated carbocycles. The summed E-state index contributed by atoms with van der Waals surface area (Å²) in [4.78, 5) is 21.9. The van der Waals surface area contributed by atoms with Crippen LogP contribution in [0.3, 0.4) is 0 Å². The summed E-state index contributed by atoms with van der Waals surface area (Å²) in [5.74, 6) is 0.720. The van der Waals surface area contributed by atoms with E-state index >= 15 is 0 Å². The lowest BCUT2D eigenvalue weighted by molar-refractivity contribution is 0.201. The second-order valence-corrected chi connectivity index (χ2v) is 7.23. The van der Waals surface area contributed by atoms with Gasteiger partial charge in [-0.2, -0.15) is 0 Å². The van der Waals surface area contributed by atoms with Crippen molar-refractivity contribution >= 4 is 23.4 Å². The molecule has 0 bridgehead atoms. The summed E-state index contributed by atoms with van der Waals surface area (Å²) in [5.41, 5.74) is 5.59. The molecule has 2 heterocycles. The van der Waals surface area contributed by atoms with Crippen LogP contribution in [0.2, 0.25) is 5.15 Å².